The molecule has 17 heavy (non-hydrogen) atoms. The summed E-state index contributed by atoms with van der Waals surface area (Å²) in [5, 5.41) is 0.807. The maximum absolute atomic E-state index is 6.03. The van der Waals surface area contributed by atoms with Crippen molar-refractivity contribution in [2.45, 2.75) is 20.8 Å². The van der Waals surface area contributed by atoms with Crippen molar-refractivity contribution in [1.82, 2.24) is 9.97 Å². The molecule has 2 rings (SSSR count). The van der Waals surface area contributed by atoms with Gasteiger partial charge >= 0.3 is 0 Å². The van der Waals surface area contributed by atoms with Gasteiger partial charge in [-0.15, -0.1) is 0 Å². The molecule has 1 aromatic heterocycles. The van der Waals surface area contributed by atoms with E-state index in [2.05, 4.69) is 16.0 Å². The molecular weight excluding hydrogens is 255 g/mol. The molecule has 0 aliphatic rings. The van der Waals surface area contributed by atoms with Crippen molar-refractivity contribution in [2.75, 3.05) is 0 Å². The molecule has 0 saturated carbocycles. The molecule has 0 bridgehead atoms. The number of hydrogen-bond acceptors (Lipinski definition) is 2. The van der Waals surface area contributed by atoms with Crippen LogP contribution in [-0.4, -0.2) is 9.97 Å². The number of halogens is 2. The van der Waals surface area contributed by atoms with Gasteiger partial charge in [-0.1, -0.05) is 40.9 Å². The number of rotatable bonds is 1. The van der Waals surface area contributed by atoms with Crippen molar-refractivity contribution < 1.29 is 0 Å². The van der Waals surface area contributed by atoms with E-state index >= 15 is 0 Å². The zero-order chi connectivity index (χ0) is 12.6. The zero-order valence-electron chi connectivity index (χ0n) is 9.88. The summed E-state index contributed by atoms with van der Waals surface area (Å²) in [7, 11) is 0. The van der Waals surface area contributed by atoms with Crippen LogP contribution in [0.25, 0.3) is 11.4 Å². The van der Waals surface area contributed by atoms with Crippen LogP contribution < -0.4 is 0 Å². The van der Waals surface area contributed by atoms with E-state index in [0.717, 1.165) is 16.7 Å². The summed E-state index contributed by atoms with van der Waals surface area (Å²) in [6.45, 7) is 5.84. The molecular formula is C13H12Cl2N2. The summed E-state index contributed by atoms with van der Waals surface area (Å²) in [5.74, 6) is 0.576. The summed E-state index contributed by atoms with van der Waals surface area (Å²) in [5.41, 5.74) is 3.93. The van der Waals surface area contributed by atoms with Crippen molar-refractivity contribution in [3.63, 3.8) is 0 Å². The fourth-order valence-electron chi connectivity index (χ4n) is 1.56. The predicted octanol–water partition coefficient (Wildman–Crippen LogP) is 4.38. The van der Waals surface area contributed by atoms with Crippen LogP contribution in [0.4, 0.5) is 0 Å². The maximum atomic E-state index is 6.03. The van der Waals surface area contributed by atoms with Crippen LogP contribution in [-0.2, 0) is 0 Å². The van der Waals surface area contributed by atoms with Gasteiger partial charge in [0, 0.05) is 11.1 Å². The van der Waals surface area contributed by atoms with E-state index in [0.29, 0.717) is 21.7 Å². The first-order chi connectivity index (χ1) is 7.99. The highest BCUT2D eigenvalue weighted by Crippen LogP contribution is 2.27. The van der Waals surface area contributed by atoms with Crippen LogP contribution in [0, 0.1) is 20.8 Å². The molecule has 0 unspecified atom stereocenters. The molecule has 0 saturated heterocycles. The number of benzene rings is 1. The molecule has 0 atom stereocenters. The van der Waals surface area contributed by atoms with E-state index in [4.69, 9.17) is 23.2 Å². The Balaban J connectivity index is 2.64. The third-order valence-corrected chi connectivity index (χ3v) is 3.40. The van der Waals surface area contributed by atoms with Crippen molar-refractivity contribution in [3.05, 3.63) is 45.2 Å². The van der Waals surface area contributed by atoms with E-state index in [1.807, 2.05) is 26.0 Å². The molecule has 0 radical (unpaired) electrons. The van der Waals surface area contributed by atoms with Crippen LogP contribution in [0.3, 0.4) is 0 Å². The molecule has 1 heterocycles. The molecule has 0 aliphatic carbocycles. The van der Waals surface area contributed by atoms with E-state index in [-0.39, 0.29) is 0 Å². The van der Waals surface area contributed by atoms with E-state index in [1.165, 1.54) is 0 Å². The summed E-state index contributed by atoms with van der Waals surface area (Å²) < 4.78 is 0. The standard InChI is InChI=1S/C13H12Cl2N2/c1-7-4-5-8(2)10(6-7)13-16-11(14)9(3)12(15)17-13/h4-6H,1-3H3. The number of aromatic nitrogens is 2. The van der Waals surface area contributed by atoms with Gasteiger partial charge in [-0.2, -0.15) is 0 Å². The summed E-state index contributed by atoms with van der Waals surface area (Å²) in [6.07, 6.45) is 0. The zero-order valence-corrected chi connectivity index (χ0v) is 11.4. The molecule has 88 valence electrons. The second-order valence-corrected chi connectivity index (χ2v) is 4.79. The molecule has 0 amide bonds. The molecule has 4 heteroatoms. The third-order valence-electron chi connectivity index (χ3n) is 2.66. The SMILES string of the molecule is Cc1ccc(C)c(-c2nc(Cl)c(C)c(Cl)n2)c1. The molecule has 0 fully saturated rings. The van der Waals surface area contributed by atoms with Gasteiger partial charge < -0.3 is 0 Å². The lowest BCUT2D eigenvalue weighted by Gasteiger charge is -2.08. The van der Waals surface area contributed by atoms with Crippen LogP contribution in [0.2, 0.25) is 10.3 Å². The molecule has 2 nitrogen and oxygen atoms in total. The highest BCUT2D eigenvalue weighted by molar-refractivity contribution is 6.34. The van der Waals surface area contributed by atoms with Crippen molar-refractivity contribution in [3.8, 4) is 11.4 Å². The Morgan fingerprint density at radius 3 is 2.12 bits per heavy atom. The van der Waals surface area contributed by atoms with Gasteiger partial charge in [-0.25, -0.2) is 9.97 Å². The minimum absolute atomic E-state index is 0.404. The van der Waals surface area contributed by atoms with E-state index in [9.17, 15) is 0 Å². The first-order valence-electron chi connectivity index (χ1n) is 5.26. The topological polar surface area (TPSA) is 25.8 Å². The maximum Gasteiger partial charge on any atom is 0.162 e. The van der Waals surface area contributed by atoms with Crippen molar-refractivity contribution in [2.24, 2.45) is 0 Å². The van der Waals surface area contributed by atoms with Gasteiger partial charge in [-0.3, -0.25) is 0 Å². The second kappa shape index (κ2) is 4.63. The monoisotopic (exact) mass is 266 g/mol. The molecule has 0 spiro atoms. The highest BCUT2D eigenvalue weighted by Gasteiger charge is 2.11. The van der Waals surface area contributed by atoms with Gasteiger partial charge in [0.05, 0.1) is 0 Å². The number of nitrogens with zero attached hydrogens (tertiary/aromatic N) is 2. The first-order valence-corrected chi connectivity index (χ1v) is 6.02. The van der Waals surface area contributed by atoms with E-state index < -0.39 is 0 Å². The smallest absolute Gasteiger partial charge is 0.162 e. The van der Waals surface area contributed by atoms with Crippen LogP contribution >= 0.6 is 23.2 Å². The second-order valence-electron chi connectivity index (χ2n) is 4.07. The van der Waals surface area contributed by atoms with Crippen molar-refractivity contribution in [1.29, 1.82) is 0 Å². The summed E-state index contributed by atoms with van der Waals surface area (Å²) >= 11 is 12.1. The number of aryl methyl sites for hydroxylation is 2. The summed E-state index contributed by atoms with van der Waals surface area (Å²) in [6, 6.07) is 6.12. The van der Waals surface area contributed by atoms with Gasteiger partial charge in [0.2, 0.25) is 0 Å². The van der Waals surface area contributed by atoms with Crippen molar-refractivity contribution >= 4 is 23.2 Å². The largest absolute Gasteiger partial charge is 0.216 e. The Labute approximate surface area is 111 Å². The summed E-state index contributed by atoms with van der Waals surface area (Å²) in [4.78, 5) is 8.55. The Bertz CT molecular complexity index is 557. The molecule has 0 aliphatic heterocycles. The Kier molecular flexibility index (Phi) is 3.36. The highest BCUT2D eigenvalue weighted by atomic mass is 35.5. The van der Waals surface area contributed by atoms with Gasteiger partial charge in [0.15, 0.2) is 5.82 Å². The molecule has 2 aromatic rings. The first kappa shape index (κ1) is 12.3. The average Bonchev–Trinajstić information content (AvgIpc) is 2.28. The van der Waals surface area contributed by atoms with Crippen LogP contribution in [0.15, 0.2) is 18.2 Å². The van der Waals surface area contributed by atoms with Crippen LogP contribution in [0.5, 0.6) is 0 Å². The molecule has 1 aromatic carbocycles. The fraction of sp³-hybridized carbons (Fsp3) is 0.231. The Hall–Kier alpha value is -1.12. The lowest BCUT2D eigenvalue weighted by molar-refractivity contribution is 1.13. The Morgan fingerprint density at radius 2 is 1.53 bits per heavy atom. The fourth-order valence-corrected chi connectivity index (χ4v) is 1.95. The molecule has 0 N–H and O–H groups in total. The van der Waals surface area contributed by atoms with Gasteiger partial charge in [-0.05, 0) is 32.4 Å². The third kappa shape index (κ3) is 2.43. The minimum atomic E-state index is 0.404. The van der Waals surface area contributed by atoms with Crippen LogP contribution in [0.1, 0.15) is 16.7 Å². The minimum Gasteiger partial charge on any atom is -0.216 e. The average molecular weight is 267 g/mol. The van der Waals surface area contributed by atoms with E-state index in [1.54, 1.807) is 6.92 Å². The lowest BCUT2D eigenvalue weighted by atomic mass is 10.1. The predicted molar refractivity (Wildman–Crippen MR) is 71.7 cm³/mol. The van der Waals surface area contributed by atoms with Gasteiger partial charge in [0.1, 0.15) is 10.3 Å². The number of hydrogen-bond donors (Lipinski definition) is 0. The normalized spacial score (nSPS) is 10.6. The van der Waals surface area contributed by atoms with Gasteiger partial charge in [0.25, 0.3) is 0 Å². The lowest BCUT2D eigenvalue weighted by Crippen LogP contribution is -1.96. The Morgan fingerprint density at radius 1 is 0.941 bits per heavy atom. The quantitative estimate of drug-likeness (QED) is 0.717.